The van der Waals surface area contributed by atoms with Crippen LogP contribution in [0.4, 0.5) is 0 Å². The lowest BCUT2D eigenvalue weighted by atomic mass is 10.1. The summed E-state index contributed by atoms with van der Waals surface area (Å²) in [6.07, 6.45) is 2.20. The fourth-order valence-corrected chi connectivity index (χ4v) is 3.90. The van der Waals surface area contributed by atoms with Gasteiger partial charge in [0.1, 0.15) is 6.04 Å². The van der Waals surface area contributed by atoms with Crippen LogP contribution in [0, 0.1) is 0 Å². The second kappa shape index (κ2) is 7.68. The van der Waals surface area contributed by atoms with Gasteiger partial charge in [0.25, 0.3) is 0 Å². The van der Waals surface area contributed by atoms with Crippen LogP contribution in [0.5, 0.6) is 0 Å². The molecule has 1 amide bonds. The number of amides is 1. The molecule has 7 heteroatoms. The summed E-state index contributed by atoms with van der Waals surface area (Å²) >= 11 is 3.29. The summed E-state index contributed by atoms with van der Waals surface area (Å²) in [5, 5.41) is 2.88. The van der Waals surface area contributed by atoms with Crippen molar-refractivity contribution >= 4 is 31.9 Å². The first-order chi connectivity index (χ1) is 11.9. The molecule has 0 spiro atoms. The van der Waals surface area contributed by atoms with Gasteiger partial charge in [0.15, 0.2) is 0 Å². The average Bonchev–Trinajstić information content (AvgIpc) is 3.39. The molecule has 5 nitrogen and oxygen atoms in total. The van der Waals surface area contributed by atoms with Crippen molar-refractivity contribution in [3.63, 3.8) is 0 Å². The molecule has 0 aromatic heterocycles. The van der Waals surface area contributed by atoms with E-state index in [0.29, 0.717) is 6.42 Å². The molecular weight excluding hydrogens is 404 g/mol. The molecular formula is C18H19BrN2O3S. The Bertz CT molecular complexity index is 834. The smallest absolute Gasteiger partial charge is 0.241 e. The molecule has 2 aromatic carbocycles. The van der Waals surface area contributed by atoms with Crippen LogP contribution >= 0.6 is 15.9 Å². The van der Waals surface area contributed by atoms with E-state index in [2.05, 4.69) is 26.0 Å². The van der Waals surface area contributed by atoms with E-state index in [-0.39, 0.29) is 16.8 Å². The summed E-state index contributed by atoms with van der Waals surface area (Å²) in [6, 6.07) is 15.0. The van der Waals surface area contributed by atoms with Crippen LogP contribution in [0.15, 0.2) is 64.0 Å². The maximum atomic E-state index is 12.6. The Morgan fingerprint density at radius 1 is 1.08 bits per heavy atom. The predicted octanol–water partition coefficient (Wildman–Crippen LogP) is 2.62. The van der Waals surface area contributed by atoms with Gasteiger partial charge in [-0.25, -0.2) is 8.42 Å². The minimum atomic E-state index is -3.79. The SMILES string of the molecule is O=C(NC1CC1)[C@@H](Cc1ccccc1)NS(=O)(=O)c1ccc(Br)cc1. The molecule has 0 radical (unpaired) electrons. The van der Waals surface area contributed by atoms with E-state index in [1.54, 1.807) is 12.1 Å². The van der Waals surface area contributed by atoms with Gasteiger partial charge in [-0.15, -0.1) is 0 Å². The van der Waals surface area contributed by atoms with Crippen LogP contribution in [-0.2, 0) is 21.2 Å². The first-order valence-corrected chi connectivity index (χ1v) is 10.3. The molecule has 1 fully saturated rings. The van der Waals surface area contributed by atoms with E-state index in [4.69, 9.17) is 0 Å². The van der Waals surface area contributed by atoms with Crippen molar-refractivity contribution in [3.05, 3.63) is 64.6 Å². The minimum absolute atomic E-state index is 0.132. The third-order valence-electron chi connectivity index (χ3n) is 3.94. The van der Waals surface area contributed by atoms with Crippen molar-refractivity contribution in [1.82, 2.24) is 10.0 Å². The summed E-state index contributed by atoms with van der Waals surface area (Å²) < 4.78 is 28.6. The van der Waals surface area contributed by atoms with Crippen molar-refractivity contribution in [3.8, 4) is 0 Å². The van der Waals surface area contributed by atoms with Gasteiger partial charge in [-0.3, -0.25) is 4.79 Å². The van der Waals surface area contributed by atoms with Gasteiger partial charge in [-0.2, -0.15) is 4.72 Å². The Kier molecular flexibility index (Phi) is 5.56. The van der Waals surface area contributed by atoms with Crippen molar-refractivity contribution < 1.29 is 13.2 Å². The average molecular weight is 423 g/mol. The van der Waals surface area contributed by atoms with Crippen molar-refractivity contribution in [2.45, 2.75) is 36.2 Å². The molecule has 0 bridgehead atoms. The van der Waals surface area contributed by atoms with Gasteiger partial charge in [0.05, 0.1) is 4.90 Å². The van der Waals surface area contributed by atoms with E-state index >= 15 is 0 Å². The first-order valence-electron chi connectivity index (χ1n) is 8.06. The molecule has 25 heavy (non-hydrogen) atoms. The third kappa shape index (κ3) is 5.14. The van der Waals surface area contributed by atoms with Crippen molar-refractivity contribution in [1.29, 1.82) is 0 Å². The van der Waals surface area contributed by atoms with Crippen molar-refractivity contribution in [2.24, 2.45) is 0 Å². The van der Waals surface area contributed by atoms with E-state index in [1.807, 2.05) is 30.3 Å². The lowest BCUT2D eigenvalue weighted by molar-refractivity contribution is -0.122. The molecule has 2 aromatic rings. The van der Waals surface area contributed by atoms with Crippen LogP contribution < -0.4 is 10.0 Å². The van der Waals surface area contributed by atoms with E-state index in [9.17, 15) is 13.2 Å². The highest BCUT2D eigenvalue weighted by Gasteiger charge is 2.30. The van der Waals surface area contributed by atoms with Crippen LogP contribution in [0.2, 0.25) is 0 Å². The van der Waals surface area contributed by atoms with Gasteiger partial charge in [0.2, 0.25) is 15.9 Å². The Labute approximate surface area is 156 Å². The zero-order valence-corrected chi connectivity index (χ0v) is 15.9. The molecule has 1 aliphatic carbocycles. The molecule has 1 atom stereocenters. The normalized spacial score (nSPS) is 15.6. The lowest BCUT2D eigenvalue weighted by Gasteiger charge is -2.19. The van der Waals surface area contributed by atoms with Gasteiger partial charge >= 0.3 is 0 Å². The van der Waals surface area contributed by atoms with E-state index < -0.39 is 16.1 Å². The Balaban J connectivity index is 1.80. The number of nitrogens with one attached hydrogen (secondary N) is 2. The molecule has 0 aliphatic heterocycles. The fraction of sp³-hybridized carbons (Fsp3) is 0.278. The Hall–Kier alpha value is -1.70. The number of carbonyl (C=O) groups is 1. The number of halogens is 1. The van der Waals surface area contributed by atoms with Crippen LogP contribution in [0.1, 0.15) is 18.4 Å². The third-order valence-corrected chi connectivity index (χ3v) is 5.96. The van der Waals surface area contributed by atoms with Gasteiger partial charge in [-0.1, -0.05) is 46.3 Å². The second-order valence-corrected chi connectivity index (χ2v) is 8.73. The number of hydrogen-bond acceptors (Lipinski definition) is 3. The summed E-state index contributed by atoms with van der Waals surface area (Å²) in [4.78, 5) is 12.6. The minimum Gasteiger partial charge on any atom is -0.352 e. The standard InChI is InChI=1S/C18H19BrN2O3S/c19-14-6-10-16(11-7-14)25(23,24)21-17(18(22)20-15-8-9-15)12-13-4-2-1-3-5-13/h1-7,10-11,15,17,21H,8-9,12H2,(H,20,22)/t17-/m1/s1. The second-order valence-electron chi connectivity index (χ2n) is 6.10. The number of benzene rings is 2. The monoisotopic (exact) mass is 422 g/mol. The fourth-order valence-electron chi connectivity index (χ4n) is 2.44. The molecule has 132 valence electrons. The van der Waals surface area contributed by atoms with Crippen LogP contribution in [0.25, 0.3) is 0 Å². The molecule has 3 rings (SSSR count). The molecule has 0 heterocycles. The first kappa shape index (κ1) is 18.1. The molecule has 0 saturated heterocycles. The van der Waals surface area contributed by atoms with Crippen LogP contribution in [0.3, 0.4) is 0 Å². The summed E-state index contributed by atoms with van der Waals surface area (Å²) in [5.74, 6) is -0.285. The highest BCUT2D eigenvalue weighted by atomic mass is 79.9. The summed E-state index contributed by atoms with van der Waals surface area (Å²) in [5.41, 5.74) is 0.900. The number of carbonyl (C=O) groups excluding carboxylic acids is 1. The Morgan fingerprint density at radius 3 is 2.32 bits per heavy atom. The van der Waals surface area contributed by atoms with E-state index in [0.717, 1.165) is 22.9 Å². The summed E-state index contributed by atoms with van der Waals surface area (Å²) in [6.45, 7) is 0. The number of rotatable bonds is 7. The van der Waals surface area contributed by atoms with Gasteiger partial charge in [-0.05, 0) is 49.1 Å². The largest absolute Gasteiger partial charge is 0.352 e. The number of sulfonamides is 1. The number of hydrogen-bond donors (Lipinski definition) is 2. The zero-order chi connectivity index (χ0) is 17.9. The highest BCUT2D eigenvalue weighted by molar-refractivity contribution is 9.10. The molecule has 0 unspecified atom stereocenters. The lowest BCUT2D eigenvalue weighted by Crippen LogP contribution is -2.48. The molecule has 1 saturated carbocycles. The Morgan fingerprint density at radius 2 is 1.72 bits per heavy atom. The van der Waals surface area contributed by atoms with Gasteiger partial charge in [0, 0.05) is 10.5 Å². The maximum absolute atomic E-state index is 12.6. The highest BCUT2D eigenvalue weighted by Crippen LogP contribution is 2.20. The quantitative estimate of drug-likeness (QED) is 0.719. The van der Waals surface area contributed by atoms with Gasteiger partial charge < -0.3 is 5.32 Å². The van der Waals surface area contributed by atoms with Crippen LogP contribution in [-0.4, -0.2) is 26.4 Å². The van der Waals surface area contributed by atoms with E-state index in [1.165, 1.54) is 12.1 Å². The summed E-state index contributed by atoms with van der Waals surface area (Å²) in [7, 11) is -3.79. The zero-order valence-electron chi connectivity index (χ0n) is 13.5. The topological polar surface area (TPSA) is 75.3 Å². The predicted molar refractivity (Wildman–Crippen MR) is 99.6 cm³/mol. The molecule has 2 N–H and O–H groups in total. The molecule has 1 aliphatic rings. The maximum Gasteiger partial charge on any atom is 0.241 e. The van der Waals surface area contributed by atoms with Crippen molar-refractivity contribution in [2.75, 3.05) is 0 Å².